The summed E-state index contributed by atoms with van der Waals surface area (Å²) in [6.07, 6.45) is 2.88. The molecule has 2 aliphatic rings. The molecule has 5 heteroatoms. The van der Waals surface area contributed by atoms with Crippen molar-refractivity contribution in [1.82, 2.24) is 10.2 Å². The first-order valence-electron chi connectivity index (χ1n) is 7.67. The minimum atomic E-state index is -0.714. The molecule has 1 saturated heterocycles. The highest BCUT2D eigenvalue weighted by Crippen LogP contribution is 2.44. The topological polar surface area (TPSA) is 49.4 Å². The van der Waals surface area contributed by atoms with Gasteiger partial charge in [0.1, 0.15) is 11.6 Å². The van der Waals surface area contributed by atoms with Gasteiger partial charge in [-0.3, -0.25) is 9.59 Å². The van der Waals surface area contributed by atoms with Crippen LogP contribution in [0.2, 0.25) is 0 Å². The number of nitrogens with one attached hydrogen (secondary N) is 1. The Labute approximate surface area is 129 Å². The van der Waals surface area contributed by atoms with Crippen molar-refractivity contribution >= 4 is 23.2 Å². The summed E-state index contributed by atoms with van der Waals surface area (Å²) in [6.45, 7) is 5.80. The highest BCUT2D eigenvalue weighted by molar-refractivity contribution is 7.10. The lowest BCUT2D eigenvalue weighted by atomic mass is 9.88. The van der Waals surface area contributed by atoms with Crippen LogP contribution in [0.1, 0.15) is 51.0 Å². The molecule has 4 nitrogen and oxygen atoms in total. The van der Waals surface area contributed by atoms with E-state index >= 15 is 0 Å². The van der Waals surface area contributed by atoms with E-state index in [0.717, 1.165) is 24.1 Å². The summed E-state index contributed by atoms with van der Waals surface area (Å²) in [5, 5.41) is 5.01. The fourth-order valence-corrected chi connectivity index (χ4v) is 4.26. The van der Waals surface area contributed by atoms with E-state index in [-0.39, 0.29) is 17.9 Å². The number of carbonyl (C=O) groups is 2. The maximum atomic E-state index is 13.1. The van der Waals surface area contributed by atoms with Gasteiger partial charge in [0.05, 0.1) is 6.04 Å². The van der Waals surface area contributed by atoms with Crippen molar-refractivity contribution in [3.63, 3.8) is 0 Å². The van der Waals surface area contributed by atoms with E-state index in [1.165, 1.54) is 0 Å². The molecule has 2 heterocycles. The maximum absolute atomic E-state index is 13.1. The van der Waals surface area contributed by atoms with Crippen LogP contribution < -0.4 is 5.32 Å². The molecule has 3 rings (SSSR count). The van der Waals surface area contributed by atoms with Crippen LogP contribution in [0.5, 0.6) is 0 Å². The predicted molar refractivity (Wildman–Crippen MR) is 82.9 cm³/mol. The van der Waals surface area contributed by atoms with Gasteiger partial charge < -0.3 is 10.2 Å². The first kappa shape index (κ1) is 14.6. The Kier molecular flexibility index (Phi) is 3.56. The number of nitrogens with zero attached hydrogens (tertiary/aromatic N) is 1. The molecule has 1 saturated carbocycles. The van der Waals surface area contributed by atoms with Crippen molar-refractivity contribution in [1.29, 1.82) is 0 Å². The number of hydrogen-bond donors (Lipinski definition) is 1. The zero-order valence-electron chi connectivity index (χ0n) is 12.8. The number of thiophene rings is 1. The van der Waals surface area contributed by atoms with E-state index in [0.29, 0.717) is 5.92 Å². The molecule has 2 amide bonds. The van der Waals surface area contributed by atoms with E-state index in [9.17, 15) is 9.59 Å². The minimum absolute atomic E-state index is 0.00312. The summed E-state index contributed by atoms with van der Waals surface area (Å²) in [6, 6.07) is 3.65. The van der Waals surface area contributed by atoms with Gasteiger partial charge in [-0.25, -0.2) is 0 Å². The first-order chi connectivity index (χ1) is 9.99. The van der Waals surface area contributed by atoms with Crippen molar-refractivity contribution in [2.24, 2.45) is 5.92 Å². The Morgan fingerprint density at radius 3 is 2.71 bits per heavy atom. The summed E-state index contributed by atoms with van der Waals surface area (Å²) < 4.78 is 0. The summed E-state index contributed by atoms with van der Waals surface area (Å²) in [5.41, 5.74) is -0.714. The van der Waals surface area contributed by atoms with Crippen molar-refractivity contribution < 1.29 is 9.59 Å². The molecule has 3 atom stereocenters. The van der Waals surface area contributed by atoms with E-state index in [4.69, 9.17) is 0 Å². The summed E-state index contributed by atoms with van der Waals surface area (Å²) in [5.74, 6) is 0.348. The summed E-state index contributed by atoms with van der Waals surface area (Å²) in [4.78, 5) is 28.5. The quantitative estimate of drug-likeness (QED) is 0.930. The zero-order chi connectivity index (χ0) is 15.2. The van der Waals surface area contributed by atoms with Crippen LogP contribution >= 0.6 is 11.3 Å². The molecule has 3 unspecified atom stereocenters. The highest BCUT2D eigenvalue weighted by atomic mass is 32.1. The zero-order valence-corrected chi connectivity index (χ0v) is 13.6. The molecular formula is C16H22N2O2S. The predicted octanol–water partition coefficient (Wildman–Crippen LogP) is 2.71. The Morgan fingerprint density at radius 1 is 1.48 bits per heavy atom. The van der Waals surface area contributed by atoms with E-state index in [1.54, 1.807) is 11.3 Å². The van der Waals surface area contributed by atoms with Gasteiger partial charge in [-0.2, -0.15) is 0 Å². The molecule has 2 fully saturated rings. The van der Waals surface area contributed by atoms with Crippen LogP contribution in [0, 0.1) is 5.92 Å². The van der Waals surface area contributed by atoms with Gasteiger partial charge in [0.2, 0.25) is 11.8 Å². The molecule has 0 aromatic carbocycles. The van der Waals surface area contributed by atoms with Gasteiger partial charge in [0, 0.05) is 4.88 Å². The van der Waals surface area contributed by atoms with Crippen molar-refractivity contribution in [3.8, 4) is 0 Å². The van der Waals surface area contributed by atoms with Gasteiger partial charge in [-0.05, 0) is 50.5 Å². The third-order valence-corrected chi connectivity index (χ3v) is 5.82. The van der Waals surface area contributed by atoms with Crippen LogP contribution in [-0.4, -0.2) is 28.3 Å². The van der Waals surface area contributed by atoms with Gasteiger partial charge >= 0.3 is 0 Å². The number of carbonyl (C=O) groups excluding carboxylic acids is 2. The summed E-state index contributed by atoms with van der Waals surface area (Å²) in [7, 11) is 0. The van der Waals surface area contributed by atoms with Gasteiger partial charge in [0.25, 0.3) is 0 Å². The normalized spacial score (nSPS) is 31.2. The second-order valence-electron chi connectivity index (χ2n) is 6.29. The van der Waals surface area contributed by atoms with Crippen molar-refractivity contribution in [2.45, 2.75) is 57.7 Å². The molecule has 0 spiro atoms. The van der Waals surface area contributed by atoms with E-state index in [1.807, 2.05) is 30.2 Å². The lowest BCUT2D eigenvalue weighted by Gasteiger charge is -2.46. The molecule has 1 aliphatic carbocycles. The van der Waals surface area contributed by atoms with Crippen LogP contribution in [0.25, 0.3) is 0 Å². The van der Waals surface area contributed by atoms with E-state index < -0.39 is 11.6 Å². The fraction of sp³-hybridized carbons (Fsp3) is 0.625. The number of rotatable bonds is 4. The molecule has 0 bridgehead atoms. The average Bonchev–Trinajstić information content (AvgIpc) is 3.19. The standard InChI is InChI=1S/C16H22N2O2S/c1-4-12(13-6-5-9-21-13)18-10(2)14(19)17-16(3,15(18)20)11-7-8-11/h5-6,9-12H,4,7-8H2,1-3H3,(H,17,19). The maximum Gasteiger partial charge on any atom is 0.249 e. The van der Waals surface area contributed by atoms with Crippen LogP contribution in [0.15, 0.2) is 17.5 Å². The lowest BCUT2D eigenvalue weighted by molar-refractivity contribution is -0.157. The molecule has 1 aromatic rings. The monoisotopic (exact) mass is 306 g/mol. The third-order valence-electron chi connectivity index (χ3n) is 4.85. The Balaban J connectivity index is 1.97. The Morgan fingerprint density at radius 2 is 2.19 bits per heavy atom. The third kappa shape index (κ3) is 2.27. The van der Waals surface area contributed by atoms with Gasteiger partial charge in [0.15, 0.2) is 0 Å². The molecular weight excluding hydrogens is 284 g/mol. The average molecular weight is 306 g/mol. The van der Waals surface area contributed by atoms with E-state index in [2.05, 4.69) is 18.3 Å². The van der Waals surface area contributed by atoms with Gasteiger partial charge in [-0.15, -0.1) is 11.3 Å². The number of piperazine rings is 1. The molecule has 0 radical (unpaired) electrons. The first-order valence-corrected chi connectivity index (χ1v) is 8.55. The molecule has 1 aliphatic heterocycles. The Bertz CT molecular complexity index is 553. The number of hydrogen-bond acceptors (Lipinski definition) is 3. The molecule has 1 aromatic heterocycles. The molecule has 21 heavy (non-hydrogen) atoms. The highest BCUT2D eigenvalue weighted by Gasteiger charge is 2.55. The van der Waals surface area contributed by atoms with Crippen LogP contribution in [0.4, 0.5) is 0 Å². The van der Waals surface area contributed by atoms with Crippen LogP contribution in [-0.2, 0) is 9.59 Å². The Hall–Kier alpha value is -1.36. The summed E-state index contributed by atoms with van der Waals surface area (Å²) >= 11 is 1.65. The number of amides is 2. The second kappa shape index (κ2) is 5.13. The van der Waals surface area contributed by atoms with Crippen LogP contribution in [0.3, 0.4) is 0 Å². The largest absolute Gasteiger partial charge is 0.340 e. The van der Waals surface area contributed by atoms with Crippen molar-refractivity contribution in [2.75, 3.05) is 0 Å². The van der Waals surface area contributed by atoms with Crippen molar-refractivity contribution in [3.05, 3.63) is 22.4 Å². The molecule has 114 valence electrons. The lowest BCUT2D eigenvalue weighted by Crippen LogP contribution is -2.69. The fourth-order valence-electron chi connectivity index (χ4n) is 3.35. The SMILES string of the molecule is CCC(c1cccs1)N1C(=O)C(C)(C2CC2)NC(=O)C1C. The smallest absolute Gasteiger partial charge is 0.249 e. The second-order valence-corrected chi connectivity index (χ2v) is 7.27. The molecule has 1 N–H and O–H groups in total. The minimum Gasteiger partial charge on any atom is -0.340 e. The van der Waals surface area contributed by atoms with Gasteiger partial charge in [-0.1, -0.05) is 13.0 Å².